The summed E-state index contributed by atoms with van der Waals surface area (Å²) in [5, 5.41) is 13.3. The van der Waals surface area contributed by atoms with E-state index in [1.54, 1.807) is 54.6 Å². The van der Waals surface area contributed by atoms with E-state index in [1.165, 1.54) is 6.08 Å². The maximum absolute atomic E-state index is 12.6. The van der Waals surface area contributed by atoms with Gasteiger partial charge in [0.25, 0.3) is 5.91 Å². The Balaban J connectivity index is 1.65. The van der Waals surface area contributed by atoms with E-state index in [1.807, 2.05) is 25.1 Å². The molecular weight excluding hydrogens is 447 g/mol. The number of rotatable bonds is 8. The zero-order valence-corrected chi connectivity index (χ0v) is 18.8. The molecule has 0 saturated carbocycles. The van der Waals surface area contributed by atoms with Crippen LogP contribution in [0.3, 0.4) is 0 Å². The summed E-state index contributed by atoms with van der Waals surface area (Å²) in [5.41, 5.74) is 1.97. The Hall–Kier alpha value is -3.46. The summed E-state index contributed by atoms with van der Waals surface area (Å²) in [6.45, 7) is 2.63. The molecule has 162 valence electrons. The van der Waals surface area contributed by atoms with Crippen LogP contribution in [0.2, 0.25) is 10.0 Å². The largest absolute Gasteiger partial charge is 0.493 e. The lowest BCUT2D eigenvalue weighted by molar-refractivity contribution is -0.112. The van der Waals surface area contributed by atoms with Crippen LogP contribution in [0.25, 0.3) is 6.08 Å². The SMILES string of the molecule is CCOc1ccccc1/C=C(\C#N)C(=O)Nc1ccc(OCc2ccc(Cl)cc2Cl)cc1. The molecule has 5 nitrogen and oxygen atoms in total. The highest BCUT2D eigenvalue weighted by Crippen LogP contribution is 2.24. The molecule has 7 heteroatoms. The van der Waals surface area contributed by atoms with E-state index in [0.717, 1.165) is 5.56 Å². The van der Waals surface area contributed by atoms with Gasteiger partial charge in [-0.1, -0.05) is 47.5 Å². The summed E-state index contributed by atoms with van der Waals surface area (Å²) in [7, 11) is 0. The number of carbonyl (C=O) groups is 1. The standard InChI is InChI=1S/C25H20Cl2N2O3/c1-2-31-24-6-4-3-5-17(24)13-19(15-28)25(30)29-21-9-11-22(12-10-21)32-16-18-7-8-20(26)14-23(18)27/h3-14H,2,16H2,1H3,(H,29,30)/b19-13+. The summed E-state index contributed by atoms with van der Waals surface area (Å²) in [6, 6.07) is 21.2. The lowest BCUT2D eigenvalue weighted by Gasteiger charge is -2.10. The Bertz CT molecular complexity index is 1170. The fourth-order valence-corrected chi connectivity index (χ4v) is 3.29. The van der Waals surface area contributed by atoms with Crippen molar-refractivity contribution >= 4 is 40.9 Å². The van der Waals surface area contributed by atoms with Crippen LogP contribution < -0.4 is 14.8 Å². The van der Waals surface area contributed by atoms with Crippen LogP contribution in [0.4, 0.5) is 5.69 Å². The van der Waals surface area contributed by atoms with Gasteiger partial charge in [0.2, 0.25) is 0 Å². The average molecular weight is 467 g/mol. The summed E-state index contributed by atoms with van der Waals surface area (Å²) in [4.78, 5) is 12.6. The normalized spacial score (nSPS) is 10.9. The predicted molar refractivity (Wildman–Crippen MR) is 127 cm³/mol. The number of nitriles is 1. The van der Waals surface area contributed by atoms with Crippen LogP contribution in [-0.4, -0.2) is 12.5 Å². The molecular formula is C25H20Cl2N2O3. The van der Waals surface area contributed by atoms with Crippen LogP contribution in [0.15, 0.2) is 72.3 Å². The van der Waals surface area contributed by atoms with Crippen LogP contribution >= 0.6 is 23.2 Å². The lowest BCUT2D eigenvalue weighted by atomic mass is 10.1. The van der Waals surface area contributed by atoms with Gasteiger partial charge >= 0.3 is 0 Å². The second-order valence-corrected chi connectivity index (χ2v) is 7.49. The van der Waals surface area contributed by atoms with Gasteiger partial charge in [-0.3, -0.25) is 4.79 Å². The van der Waals surface area contributed by atoms with Crippen molar-refractivity contribution in [2.24, 2.45) is 0 Å². The minimum Gasteiger partial charge on any atom is -0.493 e. The Morgan fingerprint density at radius 2 is 1.81 bits per heavy atom. The van der Waals surface area contributed by atoms with Crippen molar-refractivity contribution in [3.63, 3.8) is 0 Å². The van der Waals surface area contributed by atoms with Crippen LogP contribution in [0, 0.1) is 11.3 Å². The number of anilines is 1. The number of benzene rings is 3. The molecule has 0 saturated heterocycles. The molecule has 3 rings (SSSR count). The minimum absolute atomic E-state index is 0.0325. The maximum atomic E-state index is 12.6. The zero-order chi connectivity index (χ0) is 22.9. The fraction of sp³-hybridized carbons (Fsp3) is 0.120. The molecule has 0 atom stereocenters. The van der Waals surface area contributed by atoms with E-state index >= 15 is 0 Å². The summed E-state index contributed by atoms with van der Waals surface area (Å²) in [6.07, 6.45) is 1.51. The third-order valence-electron chi connectivity index (χ3n) is 4.41. The van der Waals surface area contributed by atoms with E-state index in [9.17, 15) is 10.1 Å². The summed E-state index contributed by atoms with van der Waals surface area (Å²) < 4.78 is 11.3. The summed E-state index contributed by atoms with van der Waals surface area (Å²) in [5.74, 6) is 0.703. The average Bonchev–Trinajstić information content (AvgIpc) is 2.79. The molecule has 0 aliphatic carbocycles. The topological polar surface area (TPSA) is 71.3 Å². The Morgan fingerprint density at radius 3 is 2.50 bits per heavy atom. The molecule has 0 radical (unpaired) electrons. The van der Waals surface area contributed by atoms with Crippen LogP contribution in [0.5, 0.6) is 11.5 Å². The van der Waals surface area contributed by atoms with Gasteiger partial charge in [0.1, 0.15) is 29.7 Å². The number of nitrogens with zero attached hydrogens (tertiary/aromatic N) is 1. The van der Waals surface area contributed by atoms with Crippen molar-refractivity contribution in [2.45, 2.75) is 13.5 Å². The van der Waals surface area contributed by atoms with Crippen LogP contribution in [-0.2, 0) is 11.4 Å². The second-order valence-electron chi connectivity index (χ2n) is 6.64. The Kier molecular flexibility index (Phi) is 8.15. The molecule has 0 bridgehead atoms. The molecule has 3 aromatic carbocycles. The van der Waals surface area contributed by atoms with Crippen molar-refractivity contribution in [1.29, 1.82) is 5.26 Å². The van der Waals surface area contributed by atoms with Crippen molar-refractivity contribution < 1.29 is 14.3 Å². The third kappa shape index (κ3) is 6.27. The number of amides is 1. The second kappa shape index (κ2) is 11.2. The van der Waals surface area contributed by atoms with Gasteiger partial charge < -0.3 is 14.8 Å². The van der Waals surface area contributed by atoms with Crippen molar-refractivity contribution in [3.8, 4) is 17.6 Å². The number of halogens is 2. The molecule has 0 aromatic heterocycles. The van der Waals surface area contributed by atoms with E-state index < -0.39 is 5.91 Å². The van der Waals surface area contributed by atoms with Crippen molar-refractivity contribution in [3.05, 3.63) is 93.5 Å². The molecule has 0 aliphatic rings. The maximum Gasteiger partial charge on any atom is 0.266 e. The smallest absolute Gasteiger partial charge is 0.266 e. The van der Waals surface area contributed by atoms with Gasteiger partial charge in [-0.2, -0.15) is 5.26 Å². The fourth-order valence-electron chi connectivity index (χ4n) is 2.82. The van der Waals surface area contributed by atoms with Gasteiger partial charge in [0, 0.05) is 26.9 Å². The number of ether oxygens (including phenoxy) is 2. The van der Waals surface area contributed by atoms with E-state index in [4.69, 9.17) is 32.7 Å². The quantitative estimate of drug-likeness (QED) is 0.303. The molecule has 0 heterocycles. The van der Waals surface area contributed by atoms with Gasteiger partial charge in [-0.25, -0.2) is 0 Å². The molecule has 1 amide bonds. The highest BCUT2D eigenvalue weighted by molar-refractivity contribution is 6.35. The van der Waals surface area contributed by atoms with Crippen LogP contribution in [0.1, 0.15) is 18.1 Å². The zero-order valence-electron chi connectivity index (χ0n) is 17.3. The number of hydrogen-bond acceptors (Lipinski definition) is 4. The third-order valence-corrected chi connectivity index (χ3v) is 4.99. The number of para-hydroxylation sites is 1. The van der Waals surface area contributed by atoms with E-state index in [2.05, 4.69) is 5.32 Å². The first kappa shape index (κ1) is 23.2. The Morgan fingerprint density at radius 1 is 1.06 bits per heavy atom. The van der Waals surface area contributed by atoms with E-state index in [0.29, 0.717) is 39.4 Å². The van der Waals surface area contributed by atoms with Gasteiger partial charge in [0.05, 0.1) is 6.61 Å². The lowest BCUT2D eigenvalue weighted by Crippen LogP contribution is -2.13. The number of hydrogen-bond donors (Lipinski definition) is 1. The van der Waals surface area contributed by atoms with Gasteiger partial charge in [-0.05, 0) is 55.5 Å². The monoisotopic (exact) mass is 466 g/mol. The number of nitrogens with one attached hydrogen (secondary N) is 1. The van der Waals surface area contributed by atoms with Gasteiger partial charge in [-0.15, -0.1) is 0 Å². The first-order valence-corrected chi connectivity index (χ1v) is 10.6. The van der Waals surface area contributed by atoms with E-state index in [-0.39, 0.29) is 12.2 Å². The predicted octanol–water partition coefficient (Wildman–Crippen LogP) is 6.52. The molecule has 0 fully saturated rings. The molecule has 0 spiro atoms. The minimum atomic E-state index is -0.514. The highest BCUT2D eigenvalue weighted by atomic mass is 35.5. The van der Waals surface area contributed by atoms with Crippen molar-refractivity contribution in [2.75, 3.05) is 11.9 Å². The first-order chi connectivity index (χ1) is 15.5. The highest BCUT2D eigenvalue weighted by Gasteiger charge is 2.11. The molecule has 0 aliphatic heterocycles. The Labute approximate surface area is 196 Å². The van der Waals surface area contributed by atoms with Crippen molar-refractivity contribution in [1.82, 2.24) is 0 Å². The molecule has 3 aromatic rings. The molecule has 1 N–H and O–H groups in total. The molecule has 0 unspecified atom stereocenters. The number of carbonyl (C=O) groups excluding carboxylic acids is 1. The molecule has 32 heavy (non-hydrogen) atoms. The van der Waals surface area contributed by atoms with Gasteiger partial charge in [0.15, 0.2) is 0 Å². The first-order valence-electron chi connectivity index (χ1n) is 9.82. The summed E-state index contributed by atoms with van der Waals surface area (Å²) >= 11 is 12.1.